The van der Waals surface area contributed by atoms with E-state index in [0.717, 1.165) is 29.5 Å². The summed E-state index contributed by atoms with van der Waals surface area (Å²) in [6, 6.07) is 18.7. The first-order chi connectivity index (χ1) is 14.1. The maximum Gasteiger partial charge on any atom is 0.259 e. The van der Waals surface area contributed by atoms with E-state index >= 15 is 0 Å². The molecule has 0 radical (unpaired) electrons. The average Bonchev–Trinajstić information content (AvgIpc) is 3.27. The summed E-state index contributed by atoms with van der Waals surface area (Å²) in [7, 11) is -3.71. The Bertz CT molecular complexity index is 1080. The minimum Gasteiger partial charge on any atom is -0.459 e. The molecule has 1 fully saturated rings. The van der Waals surface area contributed by atoms with Gasteiger partial charge >= 0.3 is 0 Å². The highest BCUT2D eigenvalue weighted by Crippen LogP contribution is 2.29. The lowest BCUT2D eigenvalue weighted by molar-refractivity contribution is 0.109. The molecule has 0 aliphatic carbocycles. The van der Waals surface area contributed by atoms with Gasteiger partial charge in [-0.2, -0.15) is 0 Å². The number of sulfone groups is 1. The van der Waals surface area contributed by atoms with Crippen molar-refractivity contribution < 1.29 is 13.2 Å². The van der Waals surface area contributed by atoms with Crippen LogP contribution >= 0.6 is 0 Å². The number of aromatic nitrogens is 1. The van der Waals surface area contributed by atoms with Crippen molar-refractivity contribution in [2.45, 2.75) is 30.2 Å². The van der Waals surface area contributed by atoms with Gasteiger partial charge in [-0.15, -0.1) is 0 Å². The number of hydrogen-bond acceptors (Lipinski definition) is 5. The van der Waals surface area contributed by atoms with Crippen LogP contribution in [0.3, 0.4) is 0 Å². The number of aryl methyl sites for hydroxylation is 1. The third-order valence-corrected chi connectivity index (χ3v) is 7.16. The highest BCUT2D eigenvalue weighted by Gasteiger charge is 2.37. The molecule has 150 valence electrons. The molecule has 0 spiro atoms. The maximum absolute atomic E-state index is 13.5. The fraction of sp³-hybridized carbons (Fsp3) is 0.261. The Morgan fingerprint density at radius 3 is 2.34 bits per heavy atom. The zero-order valence-corrected chi connectivity index (χ0v) is 17.2. The van der Waals surface area contributed by atoms with Gasteiger partial charge in [0.2, 0.25) is 9.84 Å². The summed E-state index contributed by atoms with van der Waals surface area (Å²) in [5.41, 5.74) is 1.54. The molecule has 0 saturated carbocycles. The Hall–Kier alpha value is -2.70. The summed E-state index contributed by atoms with van der Waals surface area (Å²) in [5.74, 6) is 0.445. The molecule has 3 aromatic rings. The molecule has 1 aliphatic heterocycles. The lowest BCUT2D eigenvalue weighted by atomic mass is 10.1. The second-order valence-electron chi connectivity index (χ2n) is 7.25. The molecular weight excluding hydrogens is 384 g/mol. The number of ether oxygens (including phenoxy) is 1. The van der Waals surface area contributed by atoms with Gasteiger partial charge in [0.15, 0.2) is 0 Å². The second-order valence-corrected chi connectivity index (χ2v) is 9.19. The Morgan fingerprint density at radius 1 is 0.931 bits per heavy atom. The van der Waals surface area contributed by atoms with E-state index in [9.17, 15) is 8.42 Å². The molecule has 29 heavy (non-hydrogen) atoms. The molecule has 0 amide bonds. The van der Waals surface area contributed by atoms with E-state index in [1.54, 1.807) is 24.5 Å². The molecular formula is C23H24N2O3S. The smallest absolute Gasteiger partial charge is 0.259 e. The third-order valence-electron chi connectivity index (χ3n) is 5.16. The van der Waals surface area contributed by atoms with Crippen molar-refractivity contribution in [3.8, 4) is 16.9 Å². The fourth-order valence-electron chi connectivity index (χ4n) is 3.66. The van der Waals surface area contributed by atoms with Crippen LogP contribution in [0.5, 0.6) is 5.75 Å². The summed E-state index contributed by atoms with van der Waals surface area (Å²) >= 11 is 0. The second kappa shape index (κ2) is 8.35. The number of rotatable bonds is 6. The van der Waals surface area contributed by atoms with Crippen molar-refractivity contribution in [1.29, 1.82) is 0 Å². The molecule has 0 N–H and O–H groups in total. The van der Waals surface area contributed by atoms with E-state index in [1.807, 2.05) is 60.4 Å². The molecule has 1 saturated heterocycles. The van der Waals surface area contributed by atoms with Gasteiger partial charge in [0, 0.05) is 24.8 Å². The van der Waals surface area contributed by atoms with E-state index in [-0.39, 0.29) is 0 Å². The molecule has 1 aromatic heterocycles. The van der Waals surface area contributed by atoms with E-state index in [1.165, 1.54) is 0 Å². The summed E-state index contributed by atoms with van der Waals surface area (Å²) in [4.78, 5) is 6.48. The minimum absolute atomic E-state index is 0.309. The van der Waals surface area contributed by atoms with Gasteiger partial charge in [-0.25, -0.2) is 8.42 Å². The SMILES string of the molecule is Cc1ccccc1S(=O)(=O)C(Oc1cncc(-c2ccccc2)c1)N1CCCC1. The van der Waals surface area contributed by atoms with Crippen LogP contribution in [0.4, 0.5) is 0 Å². The number of nitrogens with zero attached hydrogens (tertiary/aromatic N) is 2. The van der Waals surface area contributed by atoms with Crippen molar-refractivity contribution in [2.24, 2.45) is 0 Å². The van der Waals surface area contributed by atoms with Gasteiger partial charge in [0.1, 0.15) is 5.75 Å². The number of benzene rings is 2. The summed E-state index contributed by atoms with van der Waals surface area (Å²) in [5, 5.41) is 0. The van der Waals surface area contributed by atoms with Gasteiger partial charge in [0.05, 0.1) is 11.1 Å². The van der Waals surface area contributed by atoms with Crippen LogP contribution in [0.1, 0.15) is 18.4 Å². The van der Waals surface area contributed by atoms with Gasteiger partial charge < -0.3 is 4.74 Å². The van der Waals surface area contributed by atoms with Crippen molar-refractivity contribution in [3.05, 3.63) is 78.6 Å². The monoisotopic (exact) mass is 408 g/mol. The first-order valence-corrected chi connectivity index (χ1v) is 11.3. The molecule has 2 heterocycles. The summed E-state index contributed by atoms with van der Waals surface area (Å²) in [6.45, 7) is 3.20. The average molecular weight is 409 g/mol. The van der Waals surface area contributed by atoms with Crippen molar-refractivity contribution in [3.63, 3.8) is 0 Å². The first kappa shape index (κ1) is 19.6. The lowest BCUT2D eigenvalue weighted by Crippen LogP contribution is -2.43. The van der Waals surface area contributed by atoms with Crippen LogP contribution < -0.4 is 4.74 Å². The molecule has 6 heteroatoms. The number of pyridine rings is 1. The molecule has 2 aromatic carbocycles. The van der Waals surface area contributed by atoms with Gasteiger partial charge in [0.25, 0.3) is 5.56 Å². The predicted molar refractivity (Wildman–Crippen MR) is 113 cm³/mol. The lowest BCUT2D eigenvalue weighted by Gasteiger charge is -2.28. The van der Waals surface area contributed by atoms with Crippen LogP contribution in [0, 0.1) is 6.92 Å². The first-order valence-electron chi connectivity index (χ1n) is 9.76. The molecule has 1 unspecified atom stereocenters. The molecule has 1 aliphatic rings. The minimum atomic E-state index is -3.71. The Kier molecular flexibility index (Phi) is 5.65. The highest BCUT2D eigenvalue weighted by molar-refractivity contribution is 7.92. The van der Waals surface area contributed by atoms with Crippen LogP contribution in [-0.4, -0.2) is 37.0 Å². The number of likely N-dealkylation sites (tertiary alicyclic amines) is 1. The van der Waals surface area contributed by atoms with Crippen LogP contribution in [0.15, 0.2) is 78.0 Å². The summed E-state index contributed by atoms with van der Waals surface area (Å²) < 4.78 is 33.1. The molecule has 5 nitrogen and oxygen atoms in total. The van der Waals surface area contributed by atoms with E-state index in [0.29, 0.717) is 23.7 Å². The van der Waals surface area contributed by atoms with E-state index < -0.39 is 15.4 Å². The van der Waals surface area contributed by atoms with Gasteiger partial charge in [-0.05, 0) is 43.0 Å². The predicted octanol–water partition coefficient (Wildman–Crippen LogP) is 4.29. The van der Waals surface area contributed by atoms with Crippen LogP contribution in [-0.2, 0) is 9.84 Å². The van der Waals surface area contributed by atoms with Crippen molar-refractivity contribution >= 4 is 9.84 Å². The van der Waals surface area contributed by atoms with Crippen LogP contribution in [0.25, 0.3) is 11.1 Å². The van der Waals surface area contributed by atoms with Gasteiger partial charge in [-0.1, -0.05) is 48.5 Å². The molecule has 0 bridgehead atoms. The quantitative estimate of drug-likeness (QED) is 0.609. The summed E-state index contributed by atoms with van der Waals surface area (Å²) in [6.07, 6.45) is 5.25. The zero-order valence-electron chi connectivity index (χ0n) is 16.4. The van der Waals surface area contributed by atoms with Crippen LogP contribution in [0.2, 0.25) is 0 Å². The Balaban J connectivity index is 1.70. The maximum atomic E-state index is 13.5. The Labute approximate surface area is 171 Å². The topological polar surface area (TPSA) is 59.5 Å². The van der Waals surface area contributed by atoms with E-state index in [4.69, 9.17) is 4.74 Å². The highest BCUT2D eigenvalue weighted by atomic mass is 32.2. The molecule has 1 atom stereocenters. The zero-order chi connectivity index (χ0) is 20.3. The Morgan fingerprint density at radius 2 is 1.62 bits per heavy atom. The fourth-order valence-corrected chi connectivity index (χ4v) is 5.50. The van der Waals surface area contributed by atoms with Crippen molar-refractivity contribution in [1.82, 2.24) is 9.88 Å². The molecule has 4 rings (SSSR count). The third kappa shape index (κ3) is 4.18. The van der Waals surface area contributed by atoms with E-state index in [2.05, 4.69) is 4.98 Å². The van der Waals surface area contributed by atoms with Gasteiger partial charge in [-0.3, -0.25) is 9.88 Å². The number of hydrogen-bond donors (Lipinski definition) is 0. The van der Waals surface area contributed by atoms with Crippen molar-refractivity contribution in [2.75, 3.05) is 13.1 Å². The largest absolute Gasteiger partial charge is 0.459 e. The standard InChI is InChI=1S/C23H24N2O3S/c1-18-9-5-6-12-22(18)29(26,27)23(25-13-7-8-14-25)28-21-15-20(16-24-17-21)19-10-3-2-4-11-19/h2-6,9-12,15-17,23H,7-8,13-14H2,1H3. The normalized spacial score (nSPS) is 15.9.